The van der Waals surface area contributed by atoms with Crippen molar-refractivity contribution in [2.45, 2.75) is 64.1 Å². The van der Waals surface area contributed by atoms with Gasteiger partial charge in [0.1, 0.15) is 11.5 Å². The molecule has 174 valence electrons. The Kier molecular flexibility index (Phi) is 6.41. The molecule has 0 amide bonds. The largest absolute Gasteiger partial charge is 0.497 e. The van der Waals surface area contributed by atoms with Crippen LogP contribution in [0.5, 0.6) is 11.5 Å². The molecule has 0 spiro atoms. The molecule has 2 aromatic carbocycles. The van der Waals surface area contributed by atoms with Gasteiger partial charge in [0.25, 0.3) is 5.56 Å². The van der Waals surface area contributed by atoms with Crippen LogP contribution in [-0.4, -0.2) is 41.8 Å². The van der Waals surface area contributed by atoms with E-state index in [9.17, 15) is 4.79 Å². The van der Waals surface area contributed by atoms with Gasteiger partial charge >= 0.3 is 0 Å². The number of rotatable bonds is 6. The molecule has 0 bridgehead atoms. The topological polar surface area (TPSA) is 43.7 Å². The number of methoxy groups -OCH3 is 1. The van der Waals surface area contributed by atoms with E-state index in [1.165, 1.54) is 38.8 Å². The van der Waals surface area contributed by atoms with E-state index in [1.807, 2.05) is 49.5 Å². The number of aromatic nitrogens is 1. The zero-order valence-corrected chi connectivity index (χ0v) is 19.8. The number of likely N-dealkylation sites (tertiary alicyclic amines) is 1. The van der Waals surface area contributed by atoms with Gasteiger partial charge in [-0.15, -0.1) is 0 Å². The minimum Gasteiger partial charge on any atom is -0.497 e. The second-order valence-electron chi connectivity index (χ2n) is 9.59. The molecule has 2 aliphatic rings. The van der Waals surface area contributed by atoms with Gasteiger partial charge in [-0.1, -0.05) is 12.1 Å². The molecule has 1 aliphatic carbocycles. The van der Waals surface area contributed by atoms with E-state index < -0.39 is 0 Å². The van der Waals surface area contributed by atoms with Gasteiger partial charge in [-0.25, -0.2) is 0 Å². The molecule has 1 saturated heterocycles. The first-order valence-corrected chi connectivity index (χ1v) is 12.3. The average Bonchev–Trinajstić information content (AvgIpc) is 3.38. The average molecular weight is 447 g/mol. The highest BCUT2D eigenvalue weighted by atomic mass is 16.5. The van der Waals surface area contributed by atoms with Crippen molar-refractivity contribution in [3.63, 3.8) is 0 Å². The van der Waals surface area contributed by atoms with E-state index >= 15 is 0 Å². The number of benzene rings is 2. The van der Waals surface area contributed by atoms with Crippen LogP contribution in [0.2, 0.25) is 0 Å². The second kappa shape index (κ2) is 9.60. The van der Waals surface area contributed by atoms with Gasteiger partial charge in [0.15, 0.2) is 0 Å². The molecule has 0 atom stereocenters. The Morgan fingerprint density at radius 2 is 1.70 bits per heavy atom. The summed E-state index contributed by atoms with van der Waals surface area (Å²) in [4.78, 5) is 15.8. The maximum absolute atomic E-state index is 13.2. The van der Waals surface area contributed by atoms with E-state index in [1.54, 1.807) is 11.7 Å². The molecular formula is C28H34N2O3. The van der Waals surface area contributed by atoms with Gasteiger partial charge in [-0.2, -0.15) is 0 Å². The van der Waals surface area contributed by atoms with E-state index in [-0.39, 0.29) is 11.7 Å². The molecule has 5 heteroatoms. The Balaban J connectivity index is 1.29. The quantitative estimate of drug-likeness (QED) is 0.525. The maximum Gasteiger partial charge on any atom is 0.258 e. The molecule has 0 unspecified atom stereocenters. The molecule has 1 aliphatic heterocycles. The van der Waals surface area contributed by atoms with Crippen molar-refractivity contribution in [1.82, 2.24) is 9.47 Å². The summed E-state index contributed by atoms with van der Waals surface area (Å²) in [6.45, 7) is 5.13. The van der Waals surface area contributed by atoms with Crippen LogP contribution in [0, 0.1) is 6.92 Å². The Bertz CT molecular complexity index is 1150. The van der Waals surface area contributed by atoms with Crippen LogP contribution in [0.25, 0.3) is 10.8 Å². The van der Waals surface area contributed by atoms with Gasteiger partial charge in [-0.3, -0.25) is 4.79 Å². The first-order valence-electron chi connectivity index (χ1n) is 12.3. The normalized spacial score (nSPS) is 21.4. The summed E-state index contributed by atoms with van der Waals surface area (Å²) in [7, 11) is 1.66. The predicted molar refractivity (Wildman–Crippen MR) is 133 cm³/mol. The molecule has 1 aromatic heterocycles. The summed E-state index contributed by atoms with van der Waals surface area (Å²) in [5, 5.41) is 1.69. The highest BCUT2D eigenvalue weighted by Crippen LogP contribution is 2.31. The van der Waals surface area contributed by atoms with Crippen molar-refractivity contribution in [3.05, 3.63) is 70.1 Å². The first-order chi connectivity index (χ1) is 16.1. The lowest BCUT2D eigenvalue weighted by Crippen LogP contribution is -2.38. The number of hydrogen-bond donors (Lipinski definition) is 0. The molecule has 0 radical (unpaired) electrons. The zero-order chi connectivity index (χ0) is 22.8. The SMILES string of the molecule is COc1ccc(Cn2ccc3cc(OC4CCC(N5CCCC5)CC4)c(C)cc3c2=O)cc1. The third-order valence-corrected chi connectivity index (χ3v) is 7.38. The third-order valence-electron chi connectivity index (χ3n) is 7.38. The summed E-state index contributed by atoms with van der Waals surface area (Å²) < 4.78 is 13.4. The summed E-state index contributed by atoms with van der Waals surface area (Å²) in [5.41, 5.74) is 2.13. The Morgan fingerprint density at radius 1 is 0.970 bits per heavy atom. The Hall–Kier alpha value is -2.79. The third kappa shape index (κ3) is 4.79. The molecule has 2 fully saturated rings. The number of nitrogens with zero attached hydrogens (tertiary/aromatic N) is 2. The van der Waals surface area contributed by atoms with Crippen molar-refractivity contribution < 1.29 is 9.47 Å². The Morgan fingerprint density at radius 3 is 2.39 bits per heavy atom. The van der Waals surface area contributed by atoms with Crippen LogP contribution in [0.1, 0.15) is 49.7 Å². The van der Waals surface area contributed by atoms with E-state index in [2.05, 4.69) is 11.0 Å². The van der Waals surface area contributed by atoms with Crippen LogP contribution >= 0.6 is 0 Å². The van der Waals surface area contributed by atoms with Crippen LogP contribution in [-0.2, 0) is 6.54 Å². The molecular weight excluding hydrogens is 412 g/mol. The van der Waals surface area contributed by atoms with Crippen LogP contribution in [0.4, 0.5) is 0 Å². The standard InChI is InChI=1S/C28H34N2O3/c1-20-17-26-22(13-16-30(28(26)31)19-21-5-9-24(32-2)10-6-21)18-27(20)33-25-11-7-23(8-12-25)29-14-3-4-15-29/h5-6,9-10,13,16-18,23,25H,3-4,7-8,11-12,14-15,19H2,1-2H3. The second-order valence-corrected chi connectivity index (χ2v) is 9.59. The molecule has 2 heterocycles. The van der Waals surface area contributed by atoms with Gasteiger partial charge < -0.3 is 18.9 Å². The number of aryl methyl sites for hydroxylation is 1. The van der Waals surface area contributed by atoms with Crippen molar-refractivity contribution in [2.75, 3.05) is 20.2 Å². The fourth-order valence-electron chi connectivity index (χ4n) is 5.41. The van der Waals surface area contributed by atoms with Crippen LogP contribution in [0.3, 0.4) is 0 Å². The van der Waals surface area contributed by atoms with Gasteiger partial charge in [0.05, 0.1) is 19.8 Å². The first kappa shape index (κ1) is 22.0. The molecule has 33 heavy (non-hydrogen) atoms. The predicted octanol–water partition coefficient (Wildman–Crippen LogP) is 5.15. The molecule has 3 aromatic rings. The number of hydrogen-bond acceptors (Lipinski definition) is 4. The fourth-order valence-corrected chi connectivity index (χ4v) is 5.41. The lowest BCUT2D eigenvalue weighted by Gasteiger charge is -2.34. The van der Waals surface area contributed by atoms with Crippen molar-refractivity contribution >= 4 is 10.8 Å². The van der Waals surface area contributed by atoms with Crippen molar-refractivity contribution in [3.8, 4) is 11.5 Å². The van der Waals surface area contributed by atoms with Gasteiger partial charge in [0, 0.05) is 17.6 Å². The van der Waals surface area contributed by atoms with Crippen molar-refractivity contribution in [2.24, 2.45) is 0 Å². The van der Waals surface area contributed by atoms with E-state index in [0.29, 0.717) is 6.54 Å². The highest BCUT2D eigenvalue weighted by Gasteiger charge is 2.28. The van der Waals surface area contributed by atoms with E-state index in [0.717, 1.165) is 52.3 Å². The minimum absolute atomic E-state index is 0.0316. The number of ether oxygens (including phenoxy) is 2. The molecule has 1 saturated carbocycles. The van der Waals surface area contributed by atoms with Crippen LogP contribution in [0.15, 0.2) is 53.5 Å². The zero-order valence-electron chi connectivity index (χ0n) is 19.8. The lowest BCUT2D eigenvalue weighted by atomic mass is 9.92. The molecule has 5 nitrogen and oxygen atoms in total. The van der Waals surface area contributed by atoms with Gasteiger partial charge in [0.2, 0.25) is 0 Å². The highest BCUT2D eigenvalue weighted by molar-refractivity contribution is 5.84. The maximum atomic E-state index is 13.2. The summed E-state index contributed by atoms with van der Waals surface area (Å²) >= 11 is 0. The lowest BCUT2D eigenvalue weighted by molar-refractivity contribution is 0.0996. The fraction of sp³-hybridized carbons (Fsp3) is 0.464. The monoisotopic (exact) mass is 446 g/mol. The summed E-state index contributed by atoms with van der Waals surface area (Å²) in [5.74, 6) is 1.73. The summed E-state index contributed by atoms with van der Waals surface area (Å²) in [6, 6.07) is 14.7. The minimum atomic E-state index is 0.0316. The molecule has 5 rings (SSSR count). The van der Waals surface area contributed by atoms with Crippen molar-refractivity contribution in [1.29, 1.82) is 0 Å². The van der Waals surface area contributed by atoms with Gasteiger partial charge in [-0.05, 0) is 105 Å². The summed E-state index contributed by atoms with van der Waals surface area (Å²) in [6.07, 6.45) is 9.55. The van der Waals surface area contributed by atoms with E-state index in [4.69, 9.17) is 9.47 Å². The molecule has 0 N–H and O–H groups in total. The number of fused-ring (bicyclic) bond motifs is 1. The number of pyridine rings is 1. The Labute approximate surface area is 195 Å². The van der Waals surface area contributed by atoms with Crippen LogP contribution < -0.4 is 15.0 Å². The smallest absolute Gasteiger partial charge is 0.258 e.